The summed E-state index contributed by atoms with van der Waals surface area (Å²) in [5, 5.41) is 15.3. The van der Waals surface area contributed by atoms with E-state index in [4.69, 9.17) is 21.1 Å². The number of imidazole rings is 1. The van der Waals surface area contributed by atoms with E-state index in [9.17, 15) is 19.6 Å². The van der Waals surface area contributed by atoms with Crippen LogP contribution in [0.15, 0.2) is 12.1 Å². The number of fused-ring (bicyclic) bond motifs is 1. The quantitative estimate of drug-likeness (QED) is 0.526. The number of hydrogen-bond donors (Lipinski definition) is 3. The lowest BCUT2D eigenvalue weighted by atomic mass is 9.99. The van der Waals surface area contributed by atoms with Gasteiger partial charge >= 0.3 is 0 Å². The SMILES string of the molecule is COc1ccc(Cl)c2nc(C(=O)N3CC(OC)CC3C(=O)NC(C#N)CC3CCNC3=O)[nH]c12. The van der Waals surface area contributed by atoms with Gasteiger partial charge in [-0.3, -0.25) is 14.4 Å². The maximum Gasteiger partial charge on any atom is 0.290 e. The van der Waals surface area contributed by atoms with Crippen molar-refractivity contribution in [2.45, 2.75) is 37.5 Å². The minimum Gasteiger partial charge on any atom is -0.494 e. The lowest BCUT2D eigenvalue weighted by Crippen LogP contribution is -2.49. The van der Waals surface area contributed by atoms with Gasteiger partial charge in [-0.15, -0.1) is 0 Å². The third kappa shape index (κ3) is 4.51. The number of nitrogens with zero attached hydrogens (tertiary/aromatic N) is 3. The molecule has 2 aliphatic heterocycles. The van der Waals surface area contributed by atoms with Crippen molar-refractivity contribution in [1.29, 1.82) is 5.26 Å². The molecule has 180 valence electrons. The molecule has 4 unspecified atom stereocenters. The predicted molar refractivity (Wildman–Crippen MR) is 121 cm³/mol. The van der Waals surface area contributed by atoms with E-state index in [0.29, 0.717) is 34.8 Å². The molecule has 0 saturated carbocycles. The molecule has 2 aromatic rings. The van der Waals surface area contributed by atoms with Crippen LogP contribution >= 0.6 is 11.6 Å². The number of rotatable bonds is 7. The van der Waals surface area contributed by atoms with Crippen molar-refractivity contribution in [2.75, 3.05) is 27.3 Å². The van der Waals surface area contributed by atoms with Crippen LogP contribution in [0, 0.1) is 17.2 Å². The van der Waals surface area contributed by atoms with E-state index in [2.05, 4.69) is 20.6 Å². The molecule has 34 heavy (non-hydrogen) atoms. The fraction of sp³-hybridized carbons (Fsp3) is 0.500. The number of nitriles is 1. The third-order valence-electron chi connectivity index (χ3n) is 6.29. The number of halogens is 1. The fourth-order valence-corrected chi connectivity index (χ4v) is 4.65. The van der Waals surface area contributed by atoms with Crippen LogP contribution < -0.4 is 15.4 Å². The molecule has 0 aliphatic carbocycles. The van der Waals surface area contributed by atoms with E-state index in [-0.39, 0.29) is 43.1 Å². The van der Waals surface area contributed by atoms with E-state index in [0.717, 1.165) is 0 Å². The minimum absolute atomic E-state index is 0.00964. The van der Waals surface area contributed by atoms with Gasteiger partial charge in [0, 0.05) is 32.5 Å². The first kappa shape index (κ1) is 23.8. The molecular formula is C22H25ClN6O5. The maximum absolute atomic E-state index is 13.4. The fourth-order valence-electron chi connectivity index (χ4n) is 4.45. The number of H-pyrrole nitrogens is 1. The van der Waals surface area contributed by atoms with E-state index in [1.54, 1.807) is 12.1 Å². The second-order valence-corrected chi connectivity index (χ2v) is 8.74. The van der Waals surface area contributed by atoms with Crippen LogP contribution in [0.1, 0.15) is 29.9 Å². The molecule has 0 bridgehead atoms. The van der Waals surface area contributed by atoms with Gasteiger partial charge < -0.3 is 30.0 Å². The van der Waals surface area contributed by atoms with E-state index < -0.39 is 23.9 Å². The molecule has 3 heterocycles. The Bertz CT molecular complexity index is 1160. The number of methoxy groups -OCH3 is 2. The normalized spacial score (nSPS) is 22.9. The largest absolute Gasteiger partial charge is 0.494 e. The molecular weight excluding hydrogens is 464 g/mol. The van der Waals surface area contributed by atoms with Gasteiger partial charge in [0.05, 0.1) is 24.3 Å². The lowest BCUT2D eigenvalue weighted by Gasteiger charge is -2.24. The van der Waals surface area contributed by atoms with Crippen molar-refractivity contribution in [3.63, 3.8) is 0 Å². The summed E-state index contributed by atoms with van der Waals surface area (Å²) in [6.45, 7) is 0.736. The molecule has 4 rings (SSSR count). The smallest absolute Gasteiger partial charge is 0.290 e. The van der Waals surface area contributed by atoms with Crippen LogP contribution in [0.5, 0.6) is 5.75 Å². The Kier molecular flexibility index (Phi) is 6.90. The van der Waals surface area contributed by atoms with Crippen LogP contribution in [-0.2, 0) is 14.3 Å². The van der Waals surface area contributed by atoms with Gasteiger partial charge in [0.1, 0.15) is 28.9 Å². The van der Waals surface area contributed by atoms with Gasteiger partial charge in [-0.25, -0.2) is 4.98 Å². The first-order valence-corrected chi connectivity index (χ1v) is 11.3. The topological polar surface area (TPSA) is 149 Å². The average molecular weight is 489 g/mol. The highest BCUT2D eigenvalue weighted by molar-refractivity contribution is 6.35. The van der Waals surface area contributed by atoms with Gasteiger partial charge in [-0.2, -0.15) is 5.26 Å². The number of benzene rings is 1. The molecule has 11 nitrogen and oxygen atoms in total. The molecule has 0 spiro atoms. The second-order valence-electron chi connectivity index (χ2n) is 8.33. The summed E-state index contributed by atoms with van der Waals surface area (Å²) in [5.41, 5.74) is 0.855. The Morgan fingerprint density at radius 2 is 2.21 bits per heavy atom. The van der Waals surface area contributed by atoms with Crippen LogP contribution in [0.25, 0.3) is 11.0 Å². The Balaban J connectivity index is 1.54. The Hall–Kier alpha value is -3.36. The van der Waals surface area contributed by atoms with Crippen LogP contribution in [-0.4, -0.2) is 78.1 Å². The number of carbonyl (C=O) groups is 3. The number of amides is 3. The van der Waals surface area contributed by atoms with E-state index >= 15 is 0 Å². The number of nitrogens with one attached hydrogen (secondary N) is 3. The summed E-state index contributed by atoms with van der Waals surface area (Å²) < 4.78 is 10.7. The summed E-state index contributed by atoms with van der Waals surface area (Å²) in [6.07, 6.45) is 0.735. The standard InChI is InChI=1S/C22H25ClN6O5/c1-33-13-8-15(21(31)26-12(9-24)7-11-5-6-25-20(11)30)29(10-13)22(32)19-27-17-14(23)3-4-16(34-2)18(17)28-19/h3-4,11-13,15H,5-8,10H2,1-2H3,(H,25,30)(H,26,31)(H,27,28). The molecule has 2 aliphatic rings. The van der Waals surface area contributed by atoms with E-state index in [1.165, 1.54) is 19.1 Å². The molecule has 0 radical (unpaired) electrons. The Labute approximate surface area is 200 Å². The van der Waals surface area contributed by atoms with Crippen LogP contribution in [0.4, 0.5) is 0 Å². The summed E-state index contributed by atoms with van der Waals surface area (Å²) in [5.74, 6) is -0.944. The molecule has 4 atom stereocenters. The van der Waals surface area contributed by atoms with Crippen molar-refractivity contribution in [3.05, 3.63) is 23.0 Å². The van der Waals surface area contributed by atoms with Gasteiger partial charge in [0.15, 0.2) is 5.82 Å². The van der Waals surface area contributed by atoms with Crippen LogP contribution in [0.3, 0.4) is 0 Å². The maximum atomic E-state index is 13.4. The van der Waals surface area contributed by atoms with Gasteiger partial charge in [-0.1, -0.05) is 11.6 Å². The Morgan fingerprint density at radius 1 is 1.41 bits per heavy atom. The number of hydrogen-bond acceptors (Lipinski definition) is 7. The minimum atomic E-state index is -0.865. The number of ether oxygens (including phenoxy) is 2. The van der Waals surface area contributed by atoms with Crippen molar-refractivity contribution >= 4 is 40.4 Å². The van der Waals surface area contributed by atoms with Crippen molar-refractivity contribution in [1.82, 2.24) is 25.5 Å². The first-order chi connectivity index (χ1) is 16.4. The number of aromatic amines is 1. The van der Waals surface area contributed by atoms with E-state index in [1.807, 2.05) is 6.07 Å². The highest BCUT2D eigenvalue weighted by atomic mass is 35.5. The number of aromatic nitrogens is 2. The van der Waals surface area contributed by atoms with Crippen molar-refractivity contribution in [2.24, 2.45) is 5.92 Å². The molecule has 2 fully saturated rings. The third-order valence-corrected chi connectivity index (χ3v) is 6.60. The zero-order valence-electron chi connectivity index (χ0n) is 18.8. The monoisotopic (exact) mass is 488 g/mol. The average Bonchev–Trinajstić information content (AvgIpc) is 3.57. The second kappa shape index (κ2) is 9.87. The molecule has 1 aromatic carbocycles. The molecule has 3 N–H and O–H groups in total. The zero-order chi connectivity index (χ0) is 24.4. The summed E-state index contributed by atoms with van der Waals surface area (Å²) in [7, 11) is 3.01. The highest BCUT2D eigenvalue weighted by Gasteiger charge is 2.42. The highest BCUT2D eigenvalue weighted by Crippen LogP contribution is 2.31. The Morgan fingerprint density at radius 3 is 2.85 bits per heavy atom. The zero-order valence-corrected chi connectivity index (χ0v) is 19.5. The summed E-state index contributed by atoms with van der Waals surface area (Å²) in [4.78, 5) is 47.0. The summed E-state index contributed by atoms with van der Waals surface area (Å²) in [6, 6.07) is 3.62. The number of likely N-dealkylation sites (tertiary alicyclic amines) is 1. The molecule has 3 amide bonds. The van der Waals surface area contributed by atoms with Gasteiger partial charge in [0.25, 0.3) is 5.91 Å². The van der Waals surface area contributed by atoms with Crippen molar-refractivity contribution in [3.8, 4) is 11.8 Å². The van der Waals surface area contributed by atoms with Gasteiger partial charge in [-0.05, 0) is 25.0 Å². The first-order valence-electron chi connectivity index (χ1n) is 10.9. The summed E-state index contributed by atoms with van der Waals surface area (Å²) >= 11 is 6.24. The molecule has 1 aromatic heterocycles. The molecule has 2 saturated heterocycles. The predicted octanol–water partition coefficient (Wildman–Crippen LogP) is 0.989. The van der Waals surface area contributed by atoms with Crippen molar-refractivity contribution < 1.29 is 23.9 Å². The van der Waals surface area contributed by atoms with Crippen LogP contribution in [0.2, 0.25) is 5.02 Å². The molecule has 12 heteroatoms. The van der Waals surface area contributed by atoms with Gasteiger partial charge in [0.2, 0.25) is 11.8 Å². The number of carbonyl (C=O) groups excluding carboxylic acids is 3. The lowest BCUT2D eigenvalue weighted by molar-refractivity contribution is -0.126.